The minimum atomic E-state index is -0.461. The Hall–Kier alpha value is -1.33. The smallest absolute Gasteiger partial charge is 0.271 e. The van der Waals surface area contributed by atoms with Crippen LogP contribution in [0.15, 0.2) is 12.1 Å². The highest BCUT2D eigenvalue weighted by molar-refractivity contribution is 6.33. The van der Waals surface area contributed by atoms with Gasteiger partial charge in [0.25, 0.3) is 5.69 Å². The predicted molar refractivity (Wildman–Crippen MR) is 72.2 cm³/mol. The van der Waals surface area contributed by atoms with Gasteiger partial charge in [-0.2, -0.15) is 0 Å². The van der Waals surface area contributed by atoms with Crippen LogP contribution in [0.5, 0.6) is 0 Å². The average Bonchev–Trinajstić information content (AvgIpc) is 2.27. The number of halogens is 1. The minimum Gasteiger partial charge on any atom is -0.396 e. The zero-order valence-electron chi connectivity index (χ0n) is 10.4. The molecular weight excluding hydrogens is 256 g/mol. The number of anilines is 1. The van der Waals surface area contributed by atoms with E-state index < -0.39 is 4.92 Å². The molecule has 0 saturated heterocycles. The third-order valence-corrected chi connectivity index (χ3v) is 3.03. The number of benzene rings is 1. The van der Waals surface area contributed by atoms with Crippen LogP contribution in [0.1, 0.15) is 18.9 Å². The van der Waals surface area contributed by atoms with E-state index in [2.05, 4.69) is 5.32 Å². The molecule has 1 aromatic rings. The summed E-state index contributed by atoms with van der Waals surface area (Å²) < 4.78 is 0. The van der Waals surface area contributed by atoms with Gasteiger partial charge in [-0.05, 0) is 24.8 Å². The Labute approximate surface area is 111 Å². The van der Waals surface area contributed by atoms with Crippen LogP contribution in [0.25, 0.3) is 0 Å². The minimum absolute atomic E-state index is 0.00791. The van der Waals surface area contributed by atoms with E-state index in [0.29, 0.717) is 29.6 Å². The molecule has 0 bridgehead atoms. The summed E-state index contributed by atoms with van der Waals surface area (Å²) in [6.45, 7) is 4.60. The van der Waals surface area contributed by atoms with Crippen molar-refractivity contribution in [1.29, 1.82) is 0 Å². The number of nitro groups is 1. The molecule has 5 nitrogen and oxygen atoms in total. The van der Waals surface area contributed by atoms with Crippen molar-refractivity contribution in [2.24, 2.45) is 5.92 Å². The average molecular weight is 273 g/mol. The summed E-state index contributed by atoms with van der Waals surface area (Å²) in [6, 6.07) is 2.83. The second kappa shape index (κ2) is 6.56. The maximum atomic E-state index is 10.7. The molecule has 2 N–H and O–H groups in total. The van der Waals surface area contributed by atoms with Crippen molar-refractivity contribution in [2.75, 3.05) is 18.5 Å². The van der Waals surface area contributed by atoms with Gasteiger partial charge in [0.1, 0.15) is 0 Å². The maximum Gasteiger partial charge on any atom is 0.271 e. The number of nitrogens with zero attached hydrogens (tertiary/aromatic N) is 1. The van der Waals surface area contributed by atoms with Crippen LogP contribution in [-0.4, -0.2) is 23.2 Å². The first-order valence-corrected chi connectivity index (χ1v) is 6.12. The first-order valence-electron chi connectivity index (χ1n) is 5.75. The number of hydrogen-bond acceptors (Lipinski definition) is 4. The quantitative estimate of drug-likeness (QED) is 0.617. The summed E-state index contributed by atoms with van der Waals surface area (Å²) in [6.07, 6.45) is 0.705. The van der Waals surface area contributed by atoms with E-state index in [9.17, 15) is 10.1 Å². The van der Waals surface area contributed by atoms with Crippen LogP contribution in [0, 0.1) is 23.0 Å². The van der Waals surface area contributed by atoms with Gasteiger partial charge >= 0.3 is 0 Å². The molecule has 0 aliphatic heterocycles. The molecule has 1 rings (SSSR count). The van der Waals surface area contributed by atoms with Crippen molar-refractivity contribution in [3.05, 3.63) is 32.8 Å². The van der Waals surface area contributed by atoms with Crippen molar-refractivity contribution in [2.45, 2.75) is 20.3 Å². The molecule has 0 heterocycles. The SMILES string of the molecule is Cc1cc([N+](=O)[O-])cc(Cl)c1NCC(C)CCO. The third-order valence-electron chi connectivity index (χ3n) is 2.73. The van der Waals surface area contributed by atoms with Gasteiger partial charge < -0.3 is 10.4 Å². The first kappa shape index (κ1) is 14.7. The lowest BCUT2D eigenvalue weighted by atomic mass is 10.1. The fraction of sp³-hybridized carbons (Fsp3) is 0.500. The van der Waals surface area contributed by atoms with E-state index in [0.717, 1.165) is 5.56 Å². The summed E-state index contributed by atoms with van der Waals surface area (Å²) in [5, 5.41) is 23.0. The highest BCUT2D eigenvalue weighted by Crippen LogP contribution is 2.30. The molecule has 6 heteroatoms. The Morgan fingerprint density at radius 2 is 2.22 bits per heavy atom. The Morgan fingerprint density at radius 1 is 1.56 bits per heavy atom. The molecule has 0 fully saturated rings. The van der Waals surface area contributed by atoms with E-state index in [4.69, 9.17) is 16.7 Å². The first-order chi connectivity index (χ1) is 8.45. The van der Waals surface area contributed by atoms with Crippen LogP contribution < -0.4 is 5.32 Å². The number of aryl methyl sites for hydroxylation is 1. The van der Waals surface area contributed by atoms with Crippen LogP contribution in [0.2, 0.25) is 5.02 Å². The second-order valence-corrected chi connectivity index (χ2v) is 4.78. The van der Waals surface area contributed by atoms with Crippen LogP contribution in [0.3, 0.4) is 0 Å². The van der Waals surface area contributed by atoms with Gasteiger partial charge in [-0.3, -0.25) is 10.1 Å². The van der Waals surface area contributed by atoms with E-state index >= 15 is 0 Å². The van der Waals surface area contributed by atoms with Crippen LogP contribution >= 0.6 is 11.6 Å². The number of aliphatic hydroxyl groups is 1. The lowest BCUT2D eigenvalue weighted by molar-refractivity contribution is -0.384. The number of hydrogen-bond donors (Lipinski definition) is 2. The Balaban J connectivity index is 2.81. The van der Waals surface area contributed by atoms with Crippen molar-refractivity contribution in [1.82, 2.24) is 0 Å². The van der Waals surface area contributed by atoms with E-state index in [1.165, 1.54) is 12.1 Å². The molecule has 0 amide bonds. The summed E-state index contributed by atoms with van der Waals surface area (Å²) in [4.78, 5) is 10.2. The van der Waals surface area contributed by atoms with E-state index in [1.807, 2.05) is 6.92 Å². The van der Waals surface area contributed by atoms with Gasteiger partial charge in [-0.15, -0.1) is 0 Å². The largest absolute Gasteiger partial charge is 0.396 e. The summed E-state index contributed by atoms with van der Waals surface area (Å²) in [5.74, 6) is 0.306. The molecule has 100 valence electrons. The molecular formula is C12H17ClN2O3. The molecule has 0 radical (unpaired) electrons. The standard InChI is InChI=1S/C12H17ClN2O3/c1-8(3-4-16)7-14-12-9(2)5-10(15(17)18)6-11(12)13/h5-6,8,14,16H,3-4,7H2,1-2H3. The monoisotopic (exact) mass is 272 g/mol. The fourth-order valence-electron chi connectivity index (χ4n) is 1.65. The molecule has 0 aliphatic rings. The molecule has 0 spiro atoms. The van der Waals surface area contributed by atoms with Crippen molar-refractivity contribution >= 4 is 23.0 Å². The van der Waals surface area contributed by atoms with Gasteiger partial charge in [0.2, 0.25) is 0 Å². The molecule has 1 unspecified atom stereocenters. The Kier molecular flexibility index (Phi) is 5.37. The Bertz CT molecular complexity index is 414. The van der Waals surface area contributed by atoms with Crippen molar-refractivity contribution < 1.29 is 10.0 Å². The van der Waals surface area contributed by atoms with Crippen molar-refractivity contribution in [3.8, 4) is 0 Å². The number of non-ortho nitro benzene ring substituents is 1. The molecule has 0 aromatic heterocycles. The molecule has 1 atom stereocenters. The van der Waals surface area contributed by atoms with Gasteiger partial charge in [-0.1, -0.05) is 18.5 Å². The lowest BCUT2D eigenvalue weighted by Gasteiger charge is -2.15. The molecule has 18 heavy (non-hydrogen) atoms. The number of nitro benzene ring substituents is 1. The molecule has 0 aliphatic carbocycles. The normalized spacial score (nSPS) is 12.2. The zero-order valence-corrected chi connectivity index (χ0v) is 11.2. The second-order valence-electron chi connectivity index (χ2n) is 4.37. The summed E-state index contributed by atoms with van der Waals surface area (Å²) >= 11 is 6.02. The van der Waals surface area contributed by atoms with E-state index in [-0.39, 0.29) is 12.3 Å². The van der Waals surface area contributed by atoms with Crippen molar-refractivity contribution in [3.63, 3.8) is 0 Å². The highest BCUT2D eigenvalue weighted by atomic mass is 35.5. The summed E-state index contributed by atoms with van der Waals surface area (Å²) in [5.41, 5.74) is 1.45. The van der Waals surface area contributed by atoms with Gasteiger partial charge in [-0.25, -0.2) is 0 Å². The summed E-state index contributed by atoms with van der Waals surface area (Å²) in [7, 11) is 0. The number of rotatable bonds is 6. The molecule has 0 saturated carbocycles. The van der Waals surface area contributed by atoms with Gasteiger partial charge in [0, 0.05) is 25.3 Å². The third kappa shape index (κ3) is 3.85. The highest BCUT2D eigenvalue weighted by Gasteiger charge is 2.13. The van der Waals surface area contributed by atoms with E-state index in [1.54, 1.807) is 6.92 Å². The fourth-order valence-corrected chi connectivity index (χ4v) is 1.98. The van der Waals surface area contributed by atoms with Gasteiger partial charge in [0.15, 0.2) is 0 Å². The maximum absolute atomic E-state index is 10.7. The van der Waals surface area contributed by atoms with Crippen LogP contribution in [-0.2, 0) is 0 Å². The van der Waals surface area contributed by atoms with Crippen LogP contribution in [0.4, 0.5) is 11.4 Å². The topological polar surface area (TPSA) is 75.4 Å². The number of aliphatic hydroxyl groups excluding tert-OH is 1. The lowest BCUT2D eigenvalue weighted by Crippen LogP contribution is -2.13. The Morgan fingerprint density at radius 3 is 2.72 bits per heavy atom. The number of nitrogens with one attached hydrogen (secondary N) is 1. The molecule has 1 aromatic carbocycles. The zero-order chi connectivity index (χ0) is 13.7. The van der Waals surface area contributed by atoms with Gasteiger partial charge in [0.05, 0.1) is 15.6 Å². The predicted octanol–water partition coefficient (Wildman–Crippen LogP) is 2.99.